The molecule has 0 aliphatic heterocycles. The highest BCUT2D eigenvalue weighted by Gasteiger charge is 2.04. The van der Waals surface area contributed by atoms with Gasteiger partial charge in [-0.05, 0) is 37.1 Å². The molecule has 0 amide bonds. The van der Waals surface area contributed by atoms with E-state index in [-0.39, 0.29) is 0 Å². The molecule has 0 aliphatic carbocycles. The lowest BCUT2D eigenvalue weighted by molar-refractivity contribution is -0.131. The Labute approximate surface area is 99.3 Å². The Morgan fingerprint density at radius 2 is 2.25 bits per heavy atom. The summed E-state index contributed by atoms with van der Waals surface area (Å²) in [5.74, 6) is -0.362. The first-order chi connectivity index (χ1) is 7.54. The van der Waals surface area contributed by atoms with Crippen molar-refractivity contribution in [3.8, 4) is 5.75 Å². The van der Waals surface area contributed by atoms with Gasteiger partial charge in [-0.2, -0.15) is 0 Å². The SMILES string of the molecule is CCOc1ccc(/C(C)=C/C(=O)O)cc1Cl. The zero-order valence-electron chi connectivity index (χ0n) is 9.16. The second-order valence-corrected chi connectivity index (χ2v) is 3.65. The Hall–Kier alpha value is -1.48. The van der Waals surface area contributed by atoms with Gasteiger partial charge >= 0.3 is 5.97 Å². The van der Waals surface area contributed by atoms with Crippen molar-refractivity contribution in [2.45, 2.75) is 13.8 Å². The zero-order valence-corrected chi connectivity index (χ0v) is 9.91. The number of carboxylic acids is 1. The third kappa shape index (κ3) is 3.28. The van der Waals surface area contributed by atoms with E-state index in [0.29, 0.717) is 23.0 Å². The van der Waals surface area contributed by atoms with Crippen LogP contribution in [0.15, 0.2) is 24.3 Å². The predicted octanol–water partition coefficient (Wildman–Crippen LogP) is 3.23. The number of carboxylic acid groups (broad SMARTS) is 1. The molecule has 0 saturated heterocycles. The van der Waals surface area contributed by atoms with Crippen molar-refractivity contribution < 1.29 is 14.6 Å². The fourth-order valence-corrected chi connectivity index (χ4v) is 1.52. The highest BCUT2D eigenvalue weighted by atomic mass is 35.5. The van der Waals surface area contributed by atoms with Gasteiger partial charge in [0.15, 0.2) is 0 Å². The van der Waals surface area contributed by atoms with Crippen LogP contribution in [0.4, 0.5) is 0 Å². The average molecular weight is 241 g/mol. The third-order valence-corrected chi connectivity index (χ3v) is 2.32. The molecule has 86 valence electrons. The standard InChI is InChI=1S/C12H13ClO3/c1-3-16-11-5-4-9(7-10(11)13)8(2)6-12(14)15/h4-7H,3H2,1-2H3,(H,14,15)/b8-6+. The second kappa shape index (κ2) is 5.56. The molecule has 1 aromatic carbocycles. The molecular weight excluding hydrogens is 228 g/mol. The van der Waals surface area contributed by atoms with Gasteiger partial charge in [-0.3, -0.25) is 0 Å². The summed E-state index contributed by atoms with van der Waals surface area (Å²) < 4.78 is 5.28. The number of benzene rings is 1. The third-order valence-electron chi connectivity index (χ3n) is 2.03. The van der Waals surface area contributed by atoms with Gasteiger partial charge in [-0.25, -0.2) is 4.79 Å². The van der Waals surface area contributed by atoms with Crippen LogP contribution in [-0.2, 0) is 4.79 Å². The van der Waals surface area contributed by atoms with E-state index in [1.807, 2.05) is 6.92 Å². The first kappa shape index (κ1) is 12.6. The lowest BCUT2D eigenvalue weighted by atomic mass is 10.1. The summed E-state index contributed by atoms with van der Waals surface area (Å²) in [4.78, 5) is 10.5. The molecule has 4 heteroatoms. The summed E-state index contributed by atoms with van der Waals surface area (Å²) in [6.45, 7) is 4.14. The van der Waals surface area contributed by atoms with Crippen LogP contribution in [0.25, 0.3) is 5.57 Å². The number of ether oxygens (including phenoxy) is 1. The van der Waals surface area contributed by atoms with Crippen LogP contribution in [0.3, 0.4) is 0 Å². The molecule has 0 aliphatic rings. The topological polar surface area (TPSA) is 46.5 Å². The van der Waals surface area contributed by atoms with Crippen LogP contribution in [-0.4, -0.2) is 17.7 Å². The molecule has 0 heterocycles. The second-order valence-electron chi connectivity index (χ2n) is 3.24. The van der Waals surface area contributed by atoms with Crippen molar-refractivity contribution in [2.75, 3.05) is 6.61 Å². The van der Waals surface area contributed by atoms with E-state index in [1.165, 1.54) is 0 Å². The Morgan fingerprint density at radius 1 is 1.56 bits per heavy atom. The summed E-state index contributed by atoms with van der Waals surface area (Å²) in [5, 5.41) is 9.10. The first-order valence-corrected chi connectivity index (χ1v) is 5.26. The average Bonchev–Trinajstić information content (AvgIpc) is 2.20. The van der Waals surface area contributed by atoms with Crippen LogP contribution in [0.2, 0.25) is 5.02 Å². The molecule has 0 unspecified atom stereocenters. The smallest absolute Gasteiger partial charge is 0.328 e. The number of aliphatic carboxylic acids is 1. The van der Waals surface area contributed by atoms with Crippen molar-refractivity contribution in [2.24, 2.45) is 0 Å². The van der Waals surface area contributed by atoms with Gasteiger partial charge in [0.05, 0.1) is 11.6 Å². The predicted molar refractivity (Wildman–Crippen MR) is 63.9 cm³/mol. The Balaban J connectivity index is 3.01. The number of hydrogen-bond acceptors (Lipinski definition) is 2. The van der Waals surface area contributed by atoms with Crippen LogP contribution in [0.1, 0.15) is 19.4 Å². The summed E-state index contributed by atoms with van der Waals surface area (Å²) in [5.41, 5.74) is 1.42. The Bertz CT molecular complexity index is 424. The van der Waals surface area contributed by atoms with Gasteiger partial charge in [0.25, 0.3) is 0 Å². The molecule has 0 fully saturated rings. The fraction of sp³-hybridized carbons (Fsp3) is 0.250. The van der Waals surface area contributed by atoms with Gasteiger partial charge in [0.2, 0.25) is 0 Å². The van der Waals surface area contributed by atoms with E-state index in [2.05, 4.69) is 0 Å². The zero-order chi connectivity index (χ0) is 12.1. The summed E-state index contributed by atoms with van der Waals surface area (Å²) >= 11 is 5.99. The molecular formula is C12H13ClO3. The molecule has 0 bridgehead atoms. The number of halogens is 1. The molecule has 1 aromatic rings. The fourth-order valence-electron chi connectivity index (χ4n) is 1.29. The van der Waals surface area contributed by atoms with Crippen LogP contribution in [0.5, 0.6) is 5.75 Å². The summed E-state index contributed by atoms with van der Waals surface area (Å²) in [7, 11) is 0. The molecule has 0 spiro atoms. The monoisotopic (exact) mass is 240 g/mol. The molecule has 16 heavy (non-hydrogen) atoms. The minimum Gasteiger partial charge on any atom is -0.492 e. The molecule has 0 aromatic heterocycles. The maximum atomic E-state index is 10.5. The van der Waals surface area contributed by atoms with Crippen LogP contribution < -0.4 is 4.74 Å². The van der Waals surface area contributed by atoms with Gasteiger partial charge in [0, 0.05) is 6.08 Å². The van der Waals surface area contributed by atoms with Gasteiger partial charge in [-0.15, -0.1) is 0 Å². The lowest BCUT2D eigenvalue weighted by Crippen LogP contribution is -1.94. The molecule has 1 N–H and O–H groups in total. The van der Waals surface area contributed by atoms with Crippen LogP contribution >= 0.6 is 11.6 Å². The van der Waals surface area contributed by atoms with Crippen molar-refractivity contribution in [3.05, 3.63) is 34.9 Å². The number of hydrogen-bond donors (Lipinski definition) is 1. The van der Waals surface area contributed by atoms with Crippen molar-refractivity contribution in [1.29, 1.82) is 0 Å². The van der Waals surface area contributed by atoms with E-state index < -0.39 is 5.97 Å². The lowest BCUT2D eigenvalue weighted by Gasteiger charge is -2.07. The van der Waals surface area contributed by atoms with Gasteiger partial charge in [0.1, 0.15) is 5.75 Å². The maximum Gasteiger partial charge on any atom is 0.328 e. The molecule has 1 rings (SSSR count). The molecule has 0 atom stereocenters. The number of rotatable bonds is 4. The Morgan fingerprint density at radius 3 is 2.75 bits per heavy atom. The maximum absolute atomic E-state index is 10.5. The minimum atomic E-state index is -0.970. The van der Waals surface area contributed by atoms with Crippen molar-refractivity contribution in [1.82, 2.24) is 0 Å². The highest BCUT2D eigenvalue weighted by molar-refractivity contribution is 6.32. The van der Waals surface area contributed by atoms with E-state index in [4.69, 9.17) is 21.4 Å². The van der Waals surface area contributed by atoms with E-state index >= 15 is 0 Å². The number of carbonyl (C=O) groups is 1. The molecule has 0 saturated carbocycles. The normalized spacial score (nSPS) is 11.3. The number of allylic oxidation sites excluding steroid dienone is 1. The molecule has 3 nitrogen and oxygen atoms in total. The van der Waals surface area contributed by atoms with E-state index in [9.17, 15) is 4.79 Å². The largest absolute Gasteiger partial charge is 0.492 e. The van der Waals surface area contributed by atoms with Gasteiger partial charge < -0.3 is 9.84 Å². The van der Waals surface area contributed by atoms with Crippen LogP contribution in [0, 0.1) is 0 Å². The highest BCUT2D eigenvalue weighted by Crippen LogP contribution is 2.28. The summed E-state index contributed by atoms with van der Waals surface area (Å²) in [6.07, 6.45) is 1.14. The quantitative estimate of drug-likeness (QED) is 0.822. The molecule has 0 radical (unpaired) electrons. The summed E-state index contributed by atoms with van der Waals surface area (Å²) in [6, 6.07) is 5.22. The van der Waals surface area contributed by atoms with Crippen molar-refractivity contribution in [3.63, 3.8) is 0 Å². The van der Waals surface area contributed by atoms with E-state index in [0.717, 1.165) is 11.6 Å². The van der Waals surface area contributed by atoms with E-state index in [1.54, 1.807) is 25.1 Å². The van der Waals surface area contributed by atoms with Gasteiger partial charge in [-0.1, -0.05) is 17.7 Å². The first-order valence-electron chi connectivity index (χ1n) is 4.88. The Kier molecular flexibility index (Phi) is 4.38. The van der Waals surface area contributed by atoms with Crippen molar-refractivity contribution >= 4 is 23.1 Å². The minimum absolute atomic E-state index is 0.484.